The number of benzene rings is 1. The summed E-state index contributed by atoms with van der Waals surface area (Å²) >= 11 is 5.79. The van der Waals surface area contributed by atoms with Crippen molar-refractivity contribution in [2.45, 2.75) is 32.1 Å². The average Bonchev–Trinajstić information content (AvgIpc) is 2.41. The molecule has 0 fully saturated rings. The van der Waals surface area contributed by atoms with Gasteiger partial charge in [-0.2, -0.15) is 0 Å². The highest BCUT2D eigenvalue weighted by Crippen LogP contribution is 2.24. The van der Waals surface area contributed by atoms with Crippen LogP contribution < -0.4 is 10.6 Å². The van der Waals surface area contributed by atoms with Crippen molar-refractivity contribution < 1.29 is 19.1 Å². The number of carbonyl (C=O) groups is 2. The van der Waals surface area contributed by atoms with Crippen molar-refractivity contribution in [1.29, 1.82) is 0 Å². The van der Waals surface area contributed by atoms with Gasteiger partial charge in [0.2, 0.25) is 0 Å². The average molecular weight is 317 g/mol. The van der Waals surface area contributed by atoms with E-state index in [1.165, 1.54) is 18.2 Å². The zero-order chi connectivity index (χ0) is 15.7. The Balaban J connectivity index is 2.19. The summed E-state index contributed by atoms with van der Waals surface area (Å²) < 4.78 is 13.4. The summed E-state index contributed by atoms with van der Waals surface area (Å²) in [6.45, 7) is 0.435. The zero-order valence-electron chi connectivity index (χ0n) is 11.5. The summed E-state index contributed by atoms with van der Waals surface area (Å²) in [6.07, 6.45) is 3.16. The normalized spacial score (nSPS) is 10.2. The molecule has 2 amide bonds. The topological polar surface area (TPSA) is 78.4 Å². The molecule has 5 nitrogen and oxygen atoms in total. The maximum absolute atomic E-state index is 13.4. The third kappa shape index (κ3) is 6.94. The lowest BCUT2D eigenvalue weighted by atomic mass is 10.1. The Hall–Kier alpha value is -1.82. The molecule has 0 aliphatic heterocycles. The number of carboxylic acids is 1. The molecule has 0 radical (unpaired) electrons. The van der Waals surface area contributed by atoms with Crippen LogP contribution in [0.15, 0.2) is 18.2 Å². The molecule has 0 aliphatic carbocycles. The number of aliphatic carboxylic acids is 1. The maximum Gasteiger partial charge on any atom is 0.319 e. The van der Waals surface area contributed by atoms with Gasteiger partial charge in [-0.3, -0.25) is 4.79 Å². The van der Waals surface area contributed by atoms with Crippen LogP contribution in [0.4, 0.5) is 14.9 Å². The van der Waals surface area contributed by atoms with Crippen LogP contribution in [-0.4, -0.2) is 23.7 Å². The standard InChI is InChI=1S/C14H18ClFN2O3/c15-10-6-5-7-11(16)13(10)18-14(21)17-9-4-2-1-3-8-12(19)20/h5-7H,1-4,8-9H2,(H,19,20)(H2,17,18,21). The van der Waals surface area contributed by atoms with Crippen LogP contribution in [0.2, 0.25) is 5.02 Å². The third-order valence-electron chi connectivity index (χ3n) is 2.80. The van der Waals surface area contributed by atoms with Gasteiger partial charge in [0.1, 0.15) is 5.82 Å². The molecule has 0 unspecified atom stereocenters. The van der Waals surface area contributed by atoms with Crippen molar-refractivity contribution in [3.63, 3.8) is 0 Å². The number of carboxylic acid groups (broad SMARTS) is 1. The molecule has 0 saturated carbocycles. The summed E-state index contributed by atoms with van der Waals surface area (Å²) in [6, 6.07) is 3.64. The van der Waals surface area contributed by atoms with Crippen molar-refractivity contribution in [2.75, 3.05) is 11.9 Å². The van der Waals surface area contributed by atoms with E-state index in [-0.39, 0.29) is 17.1 Å². The molecule has 21 heavy (non-hydrogen) atoms. The van der Waals surface area contributed by atoms with E-state index in [4.69, 9.17) is 16.7 Å². The van der Waals surface area contributed by atoms with Crippen LogP contribution in [0, 0.1) is 5.82 Å². The maximum atomic E-state index is 13.4. The van der Waals surface area contributed by atoms with Crippen LogP contribution >= 0.6 is 11.6 Å². The lowest BCUT2D eigenvalue weighted by molar-refractivity contribution is -0.137. The van der Waals surface area contributed by atoms with Crippen LogP contribution in [0.3, 0.4) is 0 Å². The number of nitrogens with one attached hydrogen (secondary N) is 2. The number of amides is 2. The van der Waals surface area contributed by atoms with Gasteiger partial charge in [-0.05, 0) is 25.0 Å². The van der Waals surface area contributed by atoms with Crippen molar-refractivity contribution >= 4 is 29.3 Å². The molecule has 1 aromatic rings. The number of para-hydroxylation sites is 1. The van der Waals surface area contributed by atoms with E-state index in [1.54, 1.807) is 0 Å². The van der Waals surface area contributed by atoms with Gasteiger partial charge in [-0.15, -0.1) is 0 Å². The highest BCUT2D eigenvalue weighted by molar-refractivity contribution is 6.33. The molecule has 0 aliphatic rings. The number of halogens is 2. The second-order valence-corrected chi connectivity index (χ2v) is 4.94. The van der Waals surface area contributed by atoms with Gasteiger partial charge in [0.25, 0.3) is 0 Å². The van der Waals surface area contributed by atoms with Gasteiger partial charge in [-0.25, -0.2) is 9.18 Å². The Bertz CT molecular complexity index is 477. The van der Waals surface area contributed by atoms with Gasteiger partial charge in [0, 0.05) is 13.0 Å². The van der Waals surface area contributed by atoms with Crippen molar-refractivity contribution in [2.24, 2.45) is 0 Å². The minimum absolute atomic E-state index is 0.0434. The summed E-state index contributed by atoms with van der Waals surface area (Å²) in [5, 5.41) is 13.6. The van der Waals surface area contributed by atoms with Gasteiger partial charge in [-0.1, -0.05) is 30.5 Å². The molecular formula is C14H18ClFN2O3. The minimum atomic E-state index is -0.797. The fourth-order valence-electron chi connectivity index (χ4n) is 1.73. The van der Waals surface area contributed by atoms with Gasteiger partial charge < -0.3 is 15.7 Å². The Kier molecular flexibility index (Phi) is 7.53. The molecule has 3 N–H and O–H groups in total. The monoisotopic (exact) mass is 316 g/mol. The molecule has 7 heteroatoms. The van der Waals surface area contributed by atoms with Crippen molar-refractivity contribution in [1.82, 2.24) is 5.32 Å². The summed E-state index contributed by atoms with van der Waals surface area (Å²) in [5.41, 5.74) is -0.0434. The quantitative estimate of drug-likeness (QED) is 0.641. The van der Waals surface area contributed by atoms with Gasteiger partial charge in [0.05, 0.1) is 10.7 Å². The van der Waals surface area contributed by atoms with Gasteiger partial charge >= 0.3 is 12.0 Å². The van der Waals surface area contributed by atoms with Crippen LogP contribution in [-0.2, 0) is 4.79 Å². The number of unbranched alkanes of at least 4 members (excludes halogenated alkanes) is 3. The third-order valence-corrected chi connectivity index (χ3v) is 3.12. The zero-order valence-corrected chi connectivity index (χ0v) is 12.3. The molecule has 116 valence electrons. The van der Waals surface area contributed by atoms with Crippen LogP contribution in [0.25, 0.3) is 0 Å². The van der Waals surface area contributed by atoms with E-state index in [9.17, 15) is 14.0 Å². The SMILES string of the molecule is O=C(O)CCCCCCNC(=O)Nc1c(F)cccc1Cl. The number of rotatable bonds is 8. The van der Waals surface area contributed by atoms with Crippen LogP contribution in [0.1, 0.15) is 32.1 Å². The number of hydrogen-bond donors (Lipinski definition) is 3. The summed E-state index contributed by atoms with van der Waals surface area (Å²) in [5.74, 6) is -1.39. The predicted octanol–water partition coefficient (Wildman–Crippen LogP) is 3.64. The molecule has 0 saturated heterocycles. The first kappa shape index (κ1) is 17.2. The fourth-order valence-corrected chi connectivity index (χ4v) is 1.94. The number of carbonyl (C=O) groups excluding carboxylic acids is 1. The first-order chi connectivity index (χ1) is 10.0. The van der Waals surface area contributed by atoms with E-state index in [0.717, 1.165) is 19.3 Å². The van der Waals surface area contributed by atoms with E-state index in [0.29, 0.717) is 13.0 Å². The Morgan fingerprint density at radius 3 is 2.57 bits per heavy atom. The van der Waals surface area contributed by atoms with E-state index < -0.39 is 17.8 Å². The summed E-state index contributed by atoms with van der Waals surface area (Å²) in [4.78, 5) is 21.9. The molecule has 0 aromatic heterocycles. The van der Waals surface area contributed by atoms with Gasteiger partial charge in [0.15, 0.2) is 0 Å². The lowest BCUT2D eigenvalue weighted by Crippen LogP contribution is -2.30. The molecule has 0 heterocycles. The number of hydrogen-bond acceptors (Lipinski definition) is 2. The number of urea groups is 1. The lowest BCUT2D eigenvalue weighted by Gasteiger charge is -2.09. The Labute approximate surface area is 127 Å². The fraction of sp³-hybridized carbons (Fsp3) is 0.429. The van der Waals surface area contributed by atoms with E-state index in [1.807, 2.05) is 0 Å². The predicted molar refractivity (Wildman–Crippen MR) is 79.2 cm³/mol. The largest absolute Gasteiger partial charge is 0.481 e. The van der Waals surface area contributed by atoms with Crippen molar-refractivity contribution in [3.8, 4) is 0 Å². The smallest absolute Gasteiger partial charge is 0.319 e. The molecule has 0 spiro atoms. The first-order valence-corrected chi connectivity index (χ1v) is 7.09. The van der Waals surface area contributed by atoms with E-state index in [2.05, 4.69) is 10.6 Å². The molecule has 1 rings (SSSR count). The highest BCUT2D eigenvalue weighted by atomic mass is 35.5. The second kappa shape index (κ2) is 9.18. The molecule has 0 bridgehead atoms. The number of anilines is 1. The Morgan fingerprint density at radius 2 is 1.90 bits per heavy atom. The second-order valence-electron chi connectivity index (χ2n) is 4.54. The Morgan fingerprint density at radius 1 is 1.19 bits per heavy atom. The molecule has 0 atom stereocenters. The molecule has 1 aromatic carbocycles. The van der Waals surface area contributed by atoms with E-state index >= 15 is 0 Å². The highest BCUT2D eigenvalue weighted by Gasteiger charge is 2.09. The van der Waals surface area contributed by atoms with Crippen LogP contribution in [0.5, 0.6) is 0 Å². The summed E-state index contributed by atoms with van der Waals surface area (Å²) in [7, 11) is 0. The van der Waals surface area contributed by atoms with Crippen molar-refractivity contribution in [3.05, 3.63) is 29.0 Å². The molecular weight excluding hydrogens is 299 g/mol. The first-order valence-electron chi connectivity index (χ1n) is 6.71. The minimum Gasteiger partial charge on any atom is -0.481 e.